The summed E-state index contributed by atoms with van der Waals surface area (Å²) in [4.78, 5) is 5.78. The van der Waals surface area contributed by atoms with Crippen LogP contribution < -0.4 is 5.32 Å². The van der Waals surface area contributed by atoms with Gasteiger partial charge in [-0.05, 0) is 25.3 Å². The van der Waals surface area contributed by atoms with Gasteiger partial charge in [0.25, 0.3) is 0 Å². The molecule has 2 heterocycles. The fourth-order valence-electron chi connectivity index (χ4n) is 2.26. The molecule has 0 aliphatic rings. The Morgan fingerprint density at radius 3 is 2.94 bits per heavy atom. The maximum atomic E-state index is 4.68. The second-order valence-corrected chi connectivity index (χ2v) is 6.12. The minimum atomic E-state index is 0.565. The first kappa shape index (κ1) is 13.6. The van der Waals surface area contributed by atoms with Crippen LogP contribution >= 0.6 is 11.3 Å². The van der Waals surface area contributed by atoms with Gasteiger partial charge in [-0.1, -0.05) is 27.2 Å². The third-order valence-electron chi connectivity index (χ3n) is 3.15. The quantitative estimate of drug-likeness (QED) is 0.832. The highest BCUT2D eigenvalue weighted by atomic mass is 32.1. The van der Waals surface area contributed by atoms with Crippen molar-refractivity contribution in [1.82, 2.24) is 14.7 Å². The van der Waals surface area contributed by atoms with Gasteiger partial charge in [0.05, 0.1) is 5.69 Å². The van der Waals surface area contributed by atoms with Crippen molar-refractivity contribution < 1.29 is 0 Å². The second kappa shape index (κ2) is 6.34. The summed E-state index contributed by atoms with van der Waals surface area (Å²) >= 11 is 1.70. The van der Waals surface area contributed by atoms with E-state index in [1.165, 1.54) is 18.5 Å². The van der Waals surface area contributed by atoms with Gasteiger partial charge in [-0.3, -0.25) is 4.40 Å². The molecule has 0 saturated heterocycles. The lowest BCUT2D eigenvalue weighted by atomic mass is 9.98. The van der Waals surface area contributed by atoms with Crippen molar-refractivity contribution in [2.24, 2.45) is 5.92 Å². The zero-order valence-electron chi connectivity index (χ0n) is 11.5. The van der Waals surface area contributed by atoms with Crippen LogP contribution in [0.2, 0.25) is 0 Å². The van der Waals surface area contributed by atoms with Crippen LogP contribution in [-0.4, -0.2) is 22.0 Å². The first-order valence-corrected chi connectivity index (χ1v) is 7.71. The van der Waals surface area contributed by atoms with E-state index in [4.69, 9.17) is 0 Å². The van der Waals surface area contributed by atoms with Crippen molar-refractivity contribution in [3.05, 3.63) is 23.5 Å². The molecule has 4 heteroatoms. The fourth-order valence-corrected chi connectivity index (χ4v) is 2.98. The van der Waals surface area contributed by atoms with Crippen molar-refractivity contribution in [2.75, 3.05) is 6.54 Å². The SMILES string of the molecule is CCCC(CNC(C)C)Cc1cn2ccsc2n1. The molecule has 18 heavy (non-hydrogen) atoms. The maximum Gasteiger partial charge on any atom is 0.193 e. The average molecular weight is 265 g/mol. The Morgan fingerprint density at radius 2 is 2.28 bits per heavy atom. The molecule has 0 aromatic carbocycles. The Kier molecular flexibility index (Phi) is 4.78. The minimum absolute atomic E-state index is 0.565. The van der Waals surface area contributed by atoms with Gasteiger partial charge in [-0.2, -0.15) is 0 Å². The lowest BCUT2D eigenvalue weighted by Gasteiger charge is -2.17. The number of imidazole rings is 1. The number of rotatable bonds is 7. The summed E-state index contributed by atoms with van der Waals surface area (Å²) < 4.78 is 2.12. The molecule has 0 aliphatic carbocycles. The van der Waals surface area contributed by atoms with Gasteiger partial charge in [-0.15, -0.1) is 11.3 Å². The number of hydrogen-bond donors (Lipinski definition) is 1. The monoisotopic (exact) mass is 265 g/mol. The molecule has 2 rings (SSSR count). The van der Waals surface area contributed by atoms with Crippen LogP contribution in [0.25, 0.3) is 4.96 Å². The molecule has 0 amide bonds. The number of nitrogens with one attached hydrogen (secondary N) is 1. The molecule has 0 spiro atoms. The van der Waals surface area contributed by atoms with E-state index in [9.17, 15) is 0 Å². The maximum absolute atomic E-state index is 4.68. The van der Waals surface area contributed by atoms with Gasteiger partial charge in [-0.25, -0.2) is 4.98 Å². The average Bonchev–Trinajstić information content (AvgIpc) is 2.86. The molecular weight excluding hydrogens is 242 g/mol. The van der Waals surface area contributed by atoms with Crippen LogP contribution in [0.3, 0.4) is 0 Å². The Balaban J connectivity index is 1.96. The van der Waals surface area contributed by atoms with Gasteiger partial charge in [0.1, 0.15) is 0 Å². The lowest BCUT2D eigenvalue weighted by Crippen LogP contribution is -2.30. The molecule has 0 fully saturated rings. The molecule has 0 radical (unpaired) electrons. The Hall–Kier alpha value is -0.870. The van der Waals surface area contributed by atoms with Gasteiger partial charge in [0.15, 0.2) is 4.96 Å². The van der Waals surface area contributed by atoms with Crippen molar-refractivity contribution >= 4 is 16.3 Å². The summed E-state index contributed by atoms with van der Waals surface area (Å²) in [6.07, 6.45) is 7.85. The predicted octanol–water partition coefficient (Wildman–Crippen LogP) is 3.35. The molecule has 100 valence electrons. The van der Waals surface area contributed by atoms with Gasteiger partial charge in [0, 0.05) is 23.8 Å². The zero-order valence-corrected chi connectivity index (χ0v) is 12.3. The van der Waals surface area contributed by atoms with Gasteiger partial charge >= 0.3 is 0 Å². The van der Waals surface area contributed by atoms with E-state index < -0.39 is 0 Å². The van der Waals surface area contributed by atoms with Crippen molar-refractivity contribution in [3.8, 4) is 0 Å². The third-order valence-corrected chi connectivity index (χ3v) is 3.92. The van der Waals surface area contributed by atoms with Gasteiger partial charge in [0.2, 0.25) is 0 Å². The summed E-state index contributed by atoms with van der Waals surface area (Å²) in [5.74, 6) is 0.696. The normalized spacial score (nSPS) is 13.6. The summed E-state index contributed by atoms with van der Waals surface area (Å²) in [5.41, 5.74) is 1.23. The predicted molar refractivity (Wildman–Crippen MR) is 78.3 cm³/mol. The highest BCUT2D eigenvalue weighted by Gasteiger charge is 2.12. The Bertz CT molecular complexity index is 444. The number of hydrogen-bond acceptors (Lipinski definition) is 3. The van der Waals surface area contributed by atoms with Crippen LogP contribution in [0.15, 0.2) is 17.8 Å². The van der Waals surface area contributed by atoms with E-state index in [0.29, 0.717) is 12.0 Å². The highest BCUT2D eigenvalue weighted by molar-refractivity contribution is 7.15. The standard InChI is InChI=1S/C14H23N3S/c1-4-5-12(9-15-11(2)3)8-13-10-17-6-7-18-14(17)16-13/h6-7,10-12,15H,4-5,8-9H2,1-3H3. The van der Waals surface area contributed by atoms with Crippen LogP contribution in [0, 0.1) is 5.92 Å². The number of fused-ring (bicyclic) bond motifs is 1. The van der Waals surface area contributed by atoms with Crippen molar-refractivity contribution in [2.45, 2.75) is 46.1 Å². The first-order chi connectivity index (χ1) is 8.69. The fraction of sp³-hybridized carbons (Fsp3) is 0.643. The molecular formula is C14H23N3S. The first-order valence-electron chi connectivity index (χ1n) is 6.83. The summed E-state index contributed by atoms with van der Waals surface area (Å²) in [5, 5.41) is 5.63. The molecule has 2 aromatic heterocycles. The third kappa shape index (κ3) is 3.56. The molecule has 3 nitrogen and oxygen atoms in total. The summed E-state index contributed by atoms with van der Waals surface area (Å²) in [7, 11) is 0. The Morgan fingerprint density at radius 1 is 1.44 bits per heavy atom. The van der Waals surface area contributed by atoms with Crippen LogP contribution in [-0.2, 0) is 6.42 Å². The van der Waals surface area contributed by atoms with Crippen molar-refractivity contribution in [1.29, 1.82) is 0 Å². The van der Waals surface area contributed by atoms with Crippen molar-refractivity contribution in [3.63, 3.8) is 0 Å². The lowest BCUT2D eigenvalue weighted by molar-refractivity contribution is 0.416. The largest absolute Gasteiger partial charge is 0.314 e. The molecule has 1 unspecified atom stereocenters. The topological polar surface area (TPSA) is 29.3 Å². The molecule has 0 saturated carbocycles. The zero-order chi connectivity index (χ0) is 13.0. The van der Waals surface area contributed by atoms with E-state index in [-0.39, 0.29) is 0 Å². The van der Waals surface area contributed by atoms with Gasteiger partial charge < -0.3 is 5.32 Å². The molecule has 2 aromatic rings. The number of thiazole rings is 1. The van der Waals surface area contributed by atoms with E-state index in [2.05, 4.69) is 53.2 Å². The van der Waals surface area contributed by atoms with E-state index in [1.807, 2.05) is 0 Å². The summed E-state index contributed by atoms with van der Waals surface area (Å²) in [6, 6.07) is 0.565. The minimum Gasteiger partial charge on any atom is -0.314 e. The number of aromatic nitrogens is 2. The Labute approximate surface area is 113 Å². The molecule has 0 bridgehead atoms. The summed E-state index contributed by atoms with van der Waals surface area (Å²) in [6.45, 7) is 7.76. The van der Waals surface area contributed by atoms with Crippen LogP contribution in [0.5, 0.6) is 0 Å². The second-order valence-electron chi connectivity index (χ2n) is 5.25. The van der Waals surface area contributed by atoms with E-state index >= 15 is 0 Å². The molecule has 1 atom stereocenters. The number of nitrogens with zero attached hydrogens (tertiary/aromatic N) is 2. The highest BCUT2D eigenvalue weighted by Crippen LogP contribution is 2.16. The van der Waals surface area contributed by atoms with Crippen LogP contribution in [0.4, 0.5) is 0 Å². The smallest absolute Gasteiger partial charge is 0.193 e. The van der Waals surface area contributed by atoms with Crippen LogP contribution in [0.1, 0.15) is 39.3 Å². The molecule has 0 aliphatic heterocycles. The van der Waals surface area contributed by atoms with E-state index in [0.717, 1.165) is 17.9 Å². The molecule has 1 N–H and O–H groups in total. The van der Waals surface area contributed by atoms with E-state index in [1.54, 1.807) is 11.3 Å².